The third-order valence-electron chi connectivity index (χ3n) is 10.1. The minimum Gasteiger partial charge on any atom is -0.493 e. The molecule has 7 rings (SSSR count). The molecule has 220 valence electrons. The molecule has 42 heavy (non-hydrogen) atoms. The van der Waals surface area contributed by atoms with Crippen LogP contribution in [0.25, 0.3) is 6.08 Å². The van der Waals surface area contributed by atoms with E-state index in [1.165, 1.54) is 10.4 Å². The number of amides is 1. The van der Waals surface area contributed by atoms with E-state index >= 15 is 0 Å². The molecule has 3 aromatic rings. The van der Waals surface area contributed by atoms with Crippen molar-refractivity contribution in [3.8, 4) is 11.5 Å². The van der Waals surface area contributed by atoms with Gasteiger partial charge < -0.3 is 23.9 Å². The van der Waals surface area contributed by atoms with Gasteiger partial charge in [-0.2, -0.15) is 4.31 Å². The zero-order valence-corrected chi connectivity index (χ0v) is 24.6. The van der Waals surface area contributed by atoms with E-state index in [2.05, 4.69) is 0 Å². The first-order chi connectivity index (χ1) is 20.1. The number of aliphatic hydroxyl groups is 1. The van der Waals surface area contributed by atoms with Crippen molar-refractivity contribution in [1.82, 2.24) is 9.21 Å². The number of aryl methyl sites for hydroxylation is 1. The zero-order valence-electron chi connectivity index (χ0n) is 23.8. The molecule has 1 N–H and O–H groups in total. The maximum atomic E-state index is 14.2. The second kappa shape index (κ2) is 9.45. The first-order valence-corrected chi connectivity index (χ1v) is 15.7. The topological polar surface area (TPSA) is 110 Å². The molecule has 1 saturated heterocycles. The highest BCUT2D eigenvalue weighted by Crippen LogP contribution is 2.66. The van der Waals surface area contributed by atoms with E-state index in [-0.39, 0.29) is 23.4 Å². The van der Waals surface area contributed by atoms with E-state index in [1.54, 1.807) is 68.8 Å². The predicted molar refractivity (Wildman–Crippen MR) is 155 cm³/mol. The van der Waals surface area contributed by atoms with Crippen molar-refractivity contribution < 1.29 is 32.2 Å². The largest absolute Gasteiger partial charge is 0.493 e. The fourth-order valence-corrected chi connectivity index (χ4v) is 10.00. The molecular weight excluding hydrogens is 556 g/mol. The van der Waals surface area contributed by atoms with Crippen LogP contribution in [0.3, 0.4) is 0 Å². The van der Waals surface area contributed by atoms with Gasteiger partial charge in [-0.25, -0.2) is 8.42 Å². The summed E-state index contributed by atoms with van der Waals surface area (Å²) < 4.78 is 47.4. The summed E-state index contributed by atoms with van der Waals surface area (Å²) in [6.07, 6.45) is 7.24. The van der Waals surface area contributed by atoms with Gasteiger partial charge in [0.25, 0.3) is 0 Å². The second-order valence-corrected chi connectivity index (χ2v) is 13.7. The summed E-state index contributed by atoms with van der Waals surface area (Å²) in [6.45, 7) is 2.02. The Morgan fingerprint density at radius 2 is 2.00 bits per heavy atom. The molecule has 1 amide bonds. The van der Waals surface area contributed by atoms with E-state index in [4.69, 9.17) is 13.9 Å². The highest BCUT2D eigenvalue weighted by molar-refractivity contribution is 7.89. The molecule has 0 radical (unpaired) electrons. The van der Waals surface area contributed by atoms with Crippen molar-refractivity contribution in [1.29, 1.82) is 0 Å². The van der Waals surface area contributed by atoms with Gasteiger partial charge in [0.05, 0.1) is 47.6 Å². The lowest BCUT2D eigenvalue weighted by molar-refractivity contribution is -0.186. The molecule has 9 nitrogen and oxygen atoms in total. The van der Waals surface area contributed by atoms with Crippen molar-refractivity contribution in [2.75, 3.05) is 20.7 Å². The van der Waals surface area contributed by atoms with E-state index < -0.39 is 33.2 Å². The first kappa shape index (κ1) is 27.2. The number of benzene rings is 2. The summed E-state index contributed by atoms with van der Waals surface area (Å²) in [5.41, 5.74) is 0.995. The third kappa shape index (κ3) is 3.55. The normalized spacial score (nSPS) is 29.7. The number of ether oxygens (including phenoxy) is 2. The van der Waals surface area contributed by atoms with Crippen molar-refractivity contribution in [2.24, 2.45) is 0 Å². The molecule has 2 aliphatic carbocycles. The van der Waals surface area contributed by atoms with Crippen molar-refractivity contribution in [3.63, 3.8) is 0 Å². The SMILES string of the molecule is COc1ccc2c3c1O[C@H]1[C@H](N(C)C(=O)/C=C/c4ccoc4)CC[C@@]4(O)[C@@H](C2)N(S(=O)(=O)c2ccccc2C)CC[C@]314. The number of furan rings is 1. The lowest BCUT2D eigenvalue weighted by Crippen LogP contribution is -2.78. The van der Waals surface area contributed by atoms with Gasteiger partial charge in [0.1, 0.15) is 6.10 Å². The van der Waals surface area contributed by atoms with Gasteiger partial charge in [0.2, 0.25) is 15.9 Å². The summed E-state index contributed by atoms with van der Waals surface area (Å²) >= 11 is 0. The number of likely N-dealkylation sites (N-methyl/N-ethyl adjacent to an activating group) is 1. The lowest BCUT2D eigenvalue weighted by Gasteiger charge is -2.64. The highest BCUT2D eigenvalue weighted by Gasteiger charge is 2.74. The molecule has 2 aliphatic heterocycles. The lowest BCUT2D eigenvalue weighted by atomic mass is 9.48. The van der Waals surface area contributed by atoms with Gasteiger partial charge in [0, 0.05) is 30.8 Å². The predicted octanol–water partition coefficient (Wildman–Crippen LogP) is 3.68. The van der Waals surface area contributed by atoms with Crippen LogP contribution in [0.4, 0.5) is 0 Å². The van der Waals surface area contributed by atoms with E-state index in [0.29, 0.717) is 42.7 Å². The Kier molecular flexibility index (Phi) is 6.13. The molecule has 5 atom stereocenters. The van der Waals surface area contributed by atoms with Gasteiger partial charge in [-0.1, -0.05) is 24.3 Å². The van der Waals surface area contributed by atoms with Gasteiger partial charge in [-0.3, -0.25) is 4.79 Å². The number of hydrogen-bond acceptors (Lipinski definition) is 7. The molecule has 2 bridgehead atoms. The Morgan fingerprint density at radius 3 is 2.74 bits per heavy atom. The monoisotopic (exact) mass is 590 g/mol. The van der Waals surface area contributed by atoms with Crippen molar-refractivity contribution in [3.05, 3.63) is 83.3 Å². The average Bonchev–Trinajstić information content (AvgIpc) is 3.61. The van der Waals surface area contributed by atoms with E-state index in [1.807, 2.05) is 18.2 Å². The molecule has 2 aromatic carbocycles. The third-order valence-corrected chi connectivity index (χ3v) is 12.1. The van der Waals surface area contributed by atoms with Crippen LogP contribution in [-0.2, 0) is 26.7 Å². The van der Waals surface area contributed by atoms with Crippen LogP contribution >= 0.6 is 0 Å². The number of methoxy groups -OCH3 is 1. The number of sulfonamides is 1. The molecule has 4 aliphatic rings. The average molecular weight is 591 g/mol. The van der Waals surface area contributed by atoms with Gasteiger partial charge in [0.15, 0.2) is 11.5 Å². The highest BCUT2D eigenvalue weighted by atomic mass is 32.2. The van der Waals surface area contributed by atoms with Crippen LogP contribution in [0.15, 0.2) is 70.4 Å². The molecule has 2 fully saturated rings. The maximum Gasteiger partial charge on any atom is 0.246 e. The quantitative estimate of drug-likeness (QED) is 0.436. The molecule has 1 spiro atoms. The summed E-state index contributed by atoms with van der Waals surface area (Å²) in [4.78, 5) is 15.3. The van der Waals surface area contributed by atoms with Crippen molar-refractivity contribution in [2.45, 2.75) is 66.7 Å². The van der Waals surface area contributed by atoms with Gasteiger partial charge in [-0.15, -0.1) is 0 Å². The van der Waals surface area contributed by atoms with Crippen LogP contribution in [-0.4, -0.2) is 73.1 Å². The van der Waals surface area contributed by atoms with Crippen LogP contribution < -0.4 is 9.47 Å². The summed E-state index contributed by atoms with van der Waals surface area (Å²) in [5, 5.41) is 12.8. The molecular formula is C32H34N2O7S. The summed E-state index contributed by atoms with van der Waals surface area (Å²) in [7, 11) is -0.549. The van der Waals surface area contributed by atoms with Crippen LogP contribution in [0.5, 0.6) is 11.5 Å². The minimum atomic E-state index is -3.90. The Labute approximate surface area is 245 Å². The Hall–Kier alpha value is -3.60. The molecule has 1 aromatic heterocycles. The van der Waals surface area contributed by atoms with Gasteiger partial charge in [-0.05, 0) is 68.0 Å². The number of nitrogens with zero attached hydrogens (tertiary/aromatic N) is 2. The first-order valence-electron chi connectivity index (χ1n) is 14.3. The molecule has 3 heterocycles. The number of carbonyl (C=O) groups is 1. The number of carbonyl (C=O) groups excluding carboxylic acids is 1. The van der Waals surface area contributed by atoms with E-state index in [0.717, 1.165) is 16.7 Å². The fraction of sp³-hybridized carbons (Fsp3) is 0.406. The van der Waals surface area contributed by atoms with Crippen LogP contribution in [0.2, 0.25) is 0 Å². The van der Waals surface area contributed by atoms with Gasteiger partial charge >= 0.3 is 0 Å². The summed E-state index contributed by atoms with van der Waals surface area (Å²) in [6, 6.07) is 11.5. The summed E-state index contributed by atoms with van der Waals surface area (Å²) in [5.74, 6) is 0.969. The zero-order chi connectivity index (χ0) is 29.4. The van der Waals surface area contributed by atoms with Crippen LogP contribution in [0.1, 0.15) is 41.5 Å². The minimum absolute atomic E-state index is 0.193. The number of hydrogen-bond donors (Lipinski definition) is 1. The number of piperidine rings is 1. The Bertz CT molecular complexity index is 1700. The standard InChI is InChI=1S/C32H34N2O7S/c1-20-6-4-5-7-25(20)42(37,38)34-16-15-31-28-22-9-10-24(39-3)29(28)41-30(31)23(12-14-32(31,36)26(34)18-22)33(2)27(35)11-8-21-13-17-40-19-21/h4-11,13,17,19,23,26,30,36H,12,14-16,18H2,1-3H3/b11-8+/t23-,26-,30+,31+,32-/m1/s1. The molecule has 1 saturated carbocycles. The van der Waals surface area contributed by atoms with E-state index in [9.17, 15) is 18.3 Å². The number of rotatable bonds is 6. The molecule has 0 unspecified atom stereocenters. The fourth-order valence-electron chi connectivity index (χ4n) is 8.11. The maximum absolute atomic E-state index is 14.2. The van der Waals surface area contributed by atoms with Crippen molar-refractivity contribution >= 4 is 22.0 Å². The molecule has 10 heteroatoms. The smallest absolute Gasteiger partial charge is 0.246 e. The second-order valence-electron chi connectivity index (χ2n) is 11.9. The Balaban J connectivity index is 1.32. The Morgan fingerprint density at radius 1 is 1.19 bits per heavy atom. The van der Waals surface area contributed by atoms with Crippen LogP contribution in [0, 0.1) is 6.92 Å².